The lowest BCUT2D eigenvalue weighted by molar-refractivity contribution is -0.135. The number of likely N-dealkylation sites (tertiary alicyclic amines) is 1. The number of aryl methyl sites for hydroxylation is 2. The molecule has 2 fully saturated rings. The number of hydrogen-bond donors (Lipinski definition) is 0. The number of piperidine rings is 1. The molecule has 1 spiro atoms. The predicted octanol–water partition coefficient (Wildman–Crippen LogP) is 3.10. The molecule has 0 aromatic carbocycles. The molecule has 30 heavy (non-hydrogen) atoms. The van der Waals surface area contributed by atoms with Crippen LogP contribution in [0.4, 0.5) is 4.79 Å². The van der Waals surface area contributed by atoms with Crippen LogP contribution in [-0.4, -0.2) is 63.8 Å². The fraction of sp³-hybridized carbons (Fsp3) is 0.522. The van der Waals surface area contributed by atoms with Crippen LogP contribution < -0.4 is 0 Å². The molecule has 2 aromatic heterocycles. The fourth-order valence-corrected chi connectivity index (χ4v) is 4.58. The molecule has 7 heteroatoms. The molecule has 4 rings (SSSR count). The minimum atomic E-state index is -0.692. The maximum absolute atomic E-state index is 13.3. The van der Waals surface area contributed by atoms with Crippen LogP contribution in [-0.2, 0) is 24.2 Å². The van der Waals surface area contributed by atoms with Crippen LogP contribution >= 0.6 is 0 Å². The number of aromatic nitrogens is 1. The smallest absolute Gasteiger partial charge is 0.327 e. The first-order chi connectivity index (χ1) is 14.5. The van der Waals surface area contributed by atoms with Crippen LogP contribution in [0.2, 0.25) is 0 Å². The van der Waals surface area contributed by atoms with E-state index in [1.165, 1.54) is 10.5 Å². The van der Waals surface area contributed by atoms with Crippen LogP contribution in [0, 0.1) is 0 Å². The van der Waals surface area contributed by atoms with Crippen molar-refractivity contribution >= 4 is 11.9 Å². The maximum Gasteiger partial charge on any atom is 0.327 e. The second kappa shape index (κ2) is 8.60. The van der Waals surface area contributed by atoms with Gasteiger partial charge in [-0.05, 0) is 55.5 Å². The molecule has 3 amide bonds. The van der Waals surface area contributed by atoms with Crippen LogP contribution in [0.15, 0.2) is 41.1 Å². The zero-order valence-corrected chi connectivity index (χ0v) is 17.8. The summed E-state index contributed by atoms with van der Waals surface area (Å²) in [6, 6.07) is 7.84. The zero-order chi connectivity index (χ0) is 21.1. The van der Waals surface area contributed by atoms with E-state index in [1.807, 2.05) is 24.3 Å². The topological polar surface area (TPSA) is 69.9 Å². The van der Waals surface area contributed by atoms with E-state index in [0.717, 1.165) is 50.4 Å². The zero-order valence-electron chi connectivity index (χ0n) is 17.8. The van der Waals surface area contributed by atoms with Crippen LogP contribution in [0.25, 0.3) is 0 Å². The van der Waals surface area contributed by atoms with Crippen molar-refractivity contribution in [2.45, 2.75) is 51.1 Å². The van der Waals surface area contributed by atoms with Crippen molar-refractivity contribution in [1.82, 2.24) is 19.7 Å². The Labute approximate surface area is 177 Å². The first-order valence-electron chi connectivity index (χ1n) is 10.8. The second-order valence-electron chi connectivity index (χ2n) is 8.29. The van der Waals surface area contributed by atoms with E-state index in [9.17, 15) is 9.59 Å². The van der Waals surface area contributed by atoms with Crippen molar-refractivity contribution in [3.8, 4) is 0 Å². The van der Waals surface area contributed by atoms with Gasteiger partial charge >= 0.3 is 6.03 Å². The lowest BCUT2D eigenvalue weighted by atomic mass is 9.86. The highest BCUT2D eigenvalue weighted by Gasteiger charge is 2.56. The third-order valence-corrected chi connectivity index (χ3v) is 6.53. The molecule has 0 aliphatic carbocycles. The van der Waals surface area contributed by atoms with Gasteiger partial charge in [0.2, 0.25) is 0 Å². The Bertz CT molecular complexity index is 887. The lowest BCUT2D eigenvalue weighted by Gasteiger charge is -2.40. The van der Waals surface area contributed by atoms with Crippen LogP contribution in [0.5, 0.6) is 0 Å². The SMILES string of the molecule is CCc1ccc(CN2CCC3(CC2)C(=O)N(CCCc2ccncc2)C(=O)N3C)o1. The quantitative estimate of drug-likeness (QED) is 0.656. The average molecular weight is 411 g/mol. The molecule has 2 aliphatic heterocycles. The fourth-order valence-electron chi connectivity index (χ4n) is 4.58. The highest BCUT2D eigenvalue weighted by Crippen LogP contribution is 2.36. The van der Waals surface area contributed by atoms with Gasteiger partial charge in [0.25, 0.3) is 5.91 Å². The maximum atomic E-state index is 13.3. The van der Waals surface area contributed by atoms with E-state index in [1.54, 1.807) is 24.3 Å². The third-order valence-electron chi connectivity index (χ3n) is 6.53. The van der Waals surface area contributed by atoms with E-state index < -0.39 is 5.54 Å². The molecule has 0 unspecified atom stereocenters. The third kappa shape index (κ3) is 3.86. The van der Waals surface area contributed by atoms with E-state index in [-0.39, 0.29) is 11.9 Å². The minimum Gasteiger partial charge on any atom is -0.465 e. The number of carbonyl (C=O) groups is 2. The number of hydrogen-bond acceptors (Lipinski definition) is 5. The Hall–Kier alpha value is -2.67. The number of nitrogens with zero attached hydrogens (tertiary/aromatic N) is 4. The summed E-state index contributed by atoms with van der Waals surface area (Å²) in [6.45, 7) is 4.83. The van der Waals surface area contributed by atoms with Gasteiger partial charge in [-0.3, -0.25) is 19.6 Å². The largest absolute Gasteiger partial charge is 0.465 e. The number of furan rings is 1. The second-order valence-corrected chi connectivity index (χ2v) is 8.29. The summed E-state index contributed by atoms with van der Waals surface area (Å²) >= 11 is 0. The molecule has 7 nitrogen and oxygen atoms in total. The lowest BCUT2D eigenvalue weighted by Crippen LogP contribution is -2.55. The number of pyridine rings is 1. The first kappa shape index (κ1) is 20.6. The average Bonchev–Trinajstić information content (AvgIpc) is 3.30. The molecule has 160 valence electrons. The number of likely N-dealkylation sites (N-methyl/N-ethyl adjacent to an activating group) is 1. The summed E-state index contributed by atoms with van der Waals surface area (Å²) in [4.78, 5) is 35.6. The summed E-state index contributed by atoms with van der Waals surface area (Å²) < 4.78 is 5.82. The molecular weight excluding hydrogens is 380 g/mol. The number of rotatable bonds is 7. The molecule has 0 radical (unpaired) electrons. The Kier molecular flexibility index (Phi) is 5.90. The van der Waals surface area contributed by atoms with Gasteiger partial charge in [0.05, 0.1) is 6.54 Å². The van der Waals surface area contributed by atoms with Gasteiger partial charge in [0, 0.05) is 45.5 Å². The van der Waals surface area contributed by atoms with Crippen molar-refractivity contribution in [2.24, 2.45) is 0 Å². The van der Waals surface area contributed by atoms with E-state index in [2.05, 4.69) is 16.8 Å². The van der Waals surface area contributed by atoms with E-state index >= 15 is 0 Å². The molecule has 2 aliphatic rings. The molecule has 0 N–H and O–H groups in total. The Morgan fingerprint density at radius 2 is 1.77 bits per heavy atom. The number of urea groups is 1. The van der Waals surface area contributed by atoms with Gasteiger partial charge in [-0.25, -0.2) is 4.79 Å². The molecule has 2 saturated heterocycles. The monoisotopic (exact) mass is 410 g/mol. The summed E-state index contributed by atoms with van der Waals surface area (Å²) in [7, 11) is 1.78. The van der Waals surface area contributed by atoms with E-state index in [4.69, 9.17) is 4.42 Å². The van der Waals surface area contributed by atoms with Gasteiger partial charge in [-0.2, -0.15) is 0 Å². The van der Waals surface area contributed by atoms with Crippen LogP contribution in [0.1, 0.15) is 43.3 Å². The van der Waals surface area contributed by atoms with Gasteiger partial charge in [-0.1, -0.05) is 6.92 Å². The molecule has 0 saturated carbocycles. The summed E-state index contributed by atoms with van der Waals surface area (Å²) in [5, 5.41) is 0. The number of carbonyl (C=O) groups excluding carboxylic acids is 2. The molecule has 0 atom stereocenters. The molecule has 4 heterocycles. The van der Waals surface area contributed by atoms with Gasteiger partial charge < -0.3 is 9.32 Å². The summed E-state index contributed by atoms with van der Waals surface area (Å²) in [5.74, 6) is 1.93. The van der Waals surface area contributed by atoms with E-state index in [0.29, 0.717) is 19.4 Å². The van der Waals surface area contributed by atoms with Gasteiger partial charge in [0.1, 0.15) is 17.1 Å². The van der Waals surface area contributed by atoms with Crippen molar-refractivity contribution in [1.29, 1.82) is 0 Å². The molecule has 0 bridgehead atoms. The molecular formula is C23H30N4O3. The Morgan fingerprint density at radius 3 is 2.43 bits per heavy atom. The van der Waals surface area contributed by atoms with Crippen molar-refractivity contribution < 1.29 is 14.0 Å². The highest BCUT2D eigenvalue weighted by atomic mass is 16.3. The standard InChI is InChI=1S/C23H30N4O3/c1-3-19-6-7-20(30-19)17-26-15-10-23(11-16-26)21(28)27(22(29)25(23)2)14-4-5-18-8-12-24-13-9-18/h6-9,12-13H,3-5,10-11,14-17H2,1-2H3. The Balaban J connectivity index is 1.34. The van der Waals surface area contributed by atoms with Crippen LogP contribution in [0.3, 0.4) is 0 Å². The normalized spacial score (nSPS) is 19.3. The molecule has 2 aromatic rings. The highest BCUT2D eigenvalue weighted by molar-refractivity contribution is 6.07. The van der Waals surface area contributed by atoms with Crippen molar-refractivity contribution in [2.75, 3.05) is 26.7 Å². The number of amides is 3. The number of imide groups is 1. The van der Waals surface area contributed by atoms with Gasteiger partial charge in [-0.15, -0.1) is 0 Å². The van der Waals surface area contributed by atoms with Crippen molar-refractivity contribution in [3.05, 3.63) is 53.7 Å². The van der Waals surface area contributed by atoms with Crippen molar-refractivity contribution in [3.63, 3.8) is 0 Å². The predicted molar refractivity (Wildman–Crippen MR) is 113 cm³/mol. The summed E-state index contributed by atoms with van der Waals surface area (Å²) in [5.41, 5.74) is 0.478. The minimum absolute atomic E-state index is 0.0318. The summed E-state index contributed by atoms with van der Waals surface area (Å²) in [6.07, 6.45) is 7.34. The Morgan fingerprint density at radius 1 is 1.07 bits per heavy atom. The van der Waals surface area contributed by atoms with Gasteiger partial charge in [0.15, 0.2) is 0 Å². The first-order valence-corrected chi connectivity index (χ1v) is 10.8.